The Bertz CT molecular complexity index is 421. The lowest BCUT2D eigenvalue weighted by Gasteiger charge is -2.20. The number of hydrogen-bond donors (Lipinski definition) is 0. The van der Waals surface area contributed by atoms with Gasteiger partial charge in [0, 0.05) is 18.8 Å². The van der Waals surface area contributed by atoms with E-state index in [0.29, 0.717) is 19.3 Å². The molecule has 0 bridgehead atoms. The second kappa shape index (κ2) is 8.25. The zero-order valence-electron chi connectivity index (χ0n) is 13.3. The van der Waals surface area contributed by atoms with Crippen LogP contribution in [0.4, 0.5) is 0 Å². The lowest BCUT2D eigenvalue weighted by molar-refractivity contribution is -0.140. The van der Waals surface area contributed by atoms with E-state index in [0.717, 1.165) is 29.9 Å². The van der Waals surface area contributed by atoms with Crippen LogP contribution in [0, 0.1) is 0 Å². The number of methoxy groups -OCH3 is 1. The van der Waals surface area contributed by atoms with E-state index in [9.17, 15) is 0 Å². The van der Waals surface area contributed by atoms with Crippen molar-refractivity contribution in [2.24, 2.45) is 0 Å². The summed E-state index contributed by atoms with van der Waals surface area (Å²) in [6.45, 7) is 5.14. The lowest BCUT2D eigenvalue weighted by atomic mass is 10.2. The molecule has 0 amide bonds. The minimum atomic E-state index is -0.350. The SMILES string of the molecule is CCOC(OCC)c1ccc(OC)c(OC2CCCC2)c1. The Balaban J connectivity index is 2.18. The third-order valence-corrected chi connectivity index (χ3v) is 3.69. The van der Waals surface area contributed by atoms with Crippen LogP contribution in [0.2, 0.25) is 0 Å². The van der Waals surface area contributed by atoms with Crippen LogP contribution in [0.1, 0.15) is 51.4 Å². The summed E-state index contributed by atoms with van der Waals surface area (Å²) in [5, 5.41) is 0. The Morgan fingerprint density at radius 3 is 2.29 bits per heavy atom. The van der Waals surface area contributed by atoms with E-state index in [2.05, 4.69) is 0 Å². The monoisotopic (exact) mass is 294 g/mol. The molecule has 0 N–H and O–H groups in total. The van der Waals surface area contributed by atoms with E-state index in [1.165, 1.54) is 12.8 Å². The van der Waals surface area contributed by atoms with Gasteiger partial charge in [0.25, 0.3) is 0 Å². The molecule has 0 saturated heterocycles. The average Bonchev–Trinajstić information content (AvgIpc) is 3.00. The van der Waals surface area contributed by atoms with Crippen LogP contribution in [-0.2, 0) is 9.47 Å². The van der Waals surface area contributed by atoms with Crippen LogP contribution >= 0.6 is 0 Å². The molecule has 0 atom stereocenters. The summed E-state index contributed by atoms with van der Waals surface area (Å²) in [7, 11) is 1.67. The van der Waals surface area contributed by atoms with Gasteiger partial charge in [0.2, 0.25) is 0 Å². The molecule has 118 valence electrons. The first-order valence-corrected chi connectivity index (χ1v) is 7.86. The van der Waals surface area contributed by atoms with Gasteiger partial charge in [-0.05, 0) is 51.7 Å². The summed E-state index contributed by atoms with van der Waals surface area (Å²) in [5.74, 6) is 1.55. The molecule has 1 aliphatic rings. The maximum absolute atomic E-state index is 6.11. The Morgan fingerprint density at radius 1 is 1.05 bits per heavy atom. The number of rotatable bonds is 8. The largest absolute Gasteiger partial charge is 0.493 e. The second-order valence-corrected chi connectivity index (χ2v) is 5.18. The molecule has 1 aliphatic carbocycles. The third kappa shape index (κ3) is 4.35. The molecule has 0 aliphatic heterocycles. The minimum Gasteiger partial charge on any atom is -0.493 e. The normalized spacial score (nSPS) is 15.6. The summed E-state index contributed by atoms with van der Waals surface area (Å²) in [5.41, 5.74) is 0.965. The Labute approximate surface area is 127 Å². The standard InChI is InChI=1S/C17H26O4/c1-4-19-17(20-5-2)13-10-11-15(18-3)16(12-13)21-14-8-6-7-9-14/h10-12,14,17H,4-9H2,1-3H3. The summed E-state index contributed by atoms with van der Waals surface area (Å²) in [6, 6.07) is 5.87. The molecule has 0 unspecified atom stereocenters. The highest BCUT2D eigenvalue weighted by molar-refractivity contribution is 5.43. The molecule has 0 heterocycles. The van der Waals surface area contributed by atoms with Crippen LogP contribution in [0.5, 0.6) is 11.5 Å². The van der Waals surface area contributed by atoms with E-state index in [-0.39, 0.29) is 6.29 Å². The number of hydrogen-bond acceptors (Lipinski definition) is 4. The minimum absolute atomic E-state index is 0.298. The van der Waals surface area contributed by atoms with Crippen molar-refractivity contribution >= 4 is 0 Å². The summed E-state index contributed by atoms with van der Waals surface area (Å²) in [4.78, 5) is 0. The predicted octanol–water partition coefficient (Wildman–Crippen LogP) is 4.09. The van der Waals surface area contributed by atoms with Crippen molar-refractivity contribution in [1.29, 1.82) is 0 Å². The fourth-order valence-electron chi connectivity index (χ4n) is 2.66. The van der Waals surface area contributed by atoms with Gasteiger partial charge in [-0.3, -0.25) is 0 Å². The van der Waals surface area contributed by atoms with Gasteiger partial charge in [-0.2, -0.15) is 0 Å². The van der Waals surface area contributed by atoms with Gasteiger partial charge in [0.1, 0.15) is 0 Å². The van der Waals surface area contributed by atoms with Crippen molar-refractivity contribution in [1.82, 2.24) is 0 Å². The van der Waals surface area contributed by atoms with Crippen LogP contribution < -0.4 is 9.47 Å². The van der Waals surface area contributed by atoms with Crippen molar-refractivity contribution in [3.05, 3.63) is 23.8 Å². The predicted molar refractivity (Wildman–Crippen MR) is 81.9 cm³/mol. The molecule has 0 aromatic heterocycles. The molecular weight excluding hydrogens is 268 g/mol. The van der Waals surface area contributed by atoms with E-state index in [4.69, 9.17) is 18.9 Å². The fraction of sp³-hybridized carbons (Fsp3) is 0.647. The topological polar surface area (TPSA) is 36.9 Å². The van der Waals surface area contributed by atoms with E-state index in [1.54, 1.807) is 7.11 Å². The molecule has 1 aromatic rings. The Hall–Kier alpha value is -1.26. The van der Waals surface area contributed by atoms with E-state index in [1.807, 2.05) is 32.0 Å². The van der Waals surface area contributed by atoms with Crippen LogP contribution in [0.3, 0.4) is 0 Å². The maximum atomic E-state index is 6.11. The maximum Gasteiger partial charge on any atom is 0.183 e. The summed E-state index contributed by atoms with van der Waals surface area (Å²) < 4.78 is 22.8. The molecule has 1 aromatic carbocycles. The quantitative estimate of drug-likeness (QED) is 0.677. The Kier molecular flexibility index (Phi) is 6.33. The van der Waals surface area contributed by atoms with Gasteiger partial charge >= 0.3 is 0 Å². The first-order chi connectivity index (χ1) is 10.3. The zero-order chi connectivity index (χ0) is 15.1. The van der Waals surface area contributed by atoms with E-state index < -0.39 is 0 Å². The van der Waals surface area contributed by atoms with Crippen LogP contribution in [0.15, 0.2) is 18.2 Å². The average molecular weight is 294 g/mol. The van der Waals surface area contributed by atoms with Gasteiger partial charge in [-0.25, -0.2) is 0 Å². The van der Waals surface area contributed by atoms with Gasteiger partial charge in [-0.1, -0.05) is 6.07 Å². The summed E-state index contributed by atoms with van der Waals surface area (Å²) in [6.07, 6.45) is 4.67. The van der Waals surface area contributed by atoms with Gasteiger partial charge < -0.3 is 18.9 Å². The first kappa shape index (κ1) is 16.1. The number of ether oxygens (including phenoxy) is 4. The molecule has 1 fully saturated rings. The summed E-state index contributed by atoms with van der Waals surface area (Å²) >= 11 is 0. The Morgan fingerprint density at radius 2 is 1.71 bits per heavy atom. The molecule has 4 heteroatoms. The molecule has 4 nitrogen and oxygen atoms in total. The fourth-order valence-corrected chi connectivity index (χ4v) is 2.66. The van der Waals surface area contributed by atoms with Crippen LogP contribution in [0.25, 0.3) is 0 Å². The van der Waals surface area contributed by atoms with Crippen molar-refractivity contribution < 1.29 is 18.9 Å². The first-order valence-electron chi connectivity index (χ1n) is 7.86. The van der Waals surface area contributed by atoms with Crippen molar-refractivity contribution in [3.63, 3.8) is 0 Å². The zero-order valence-corrected chi connectivity index (χ0v) is 13.3. The highest BCUT2D eigenvalue weighted by Crippen LogP contribution is 2.34. The van der Waals surface area contributed by atoms with Gasteiger partial charge in [0.15, 0.2) is 17.8 Å². The van der Waals surface area contributed by atoms with Crippen molar-refractivity contribution in [2.45, 2.75) is 51.9 Å². The molecule has 21 heavy (non-hydrogen) atoms. The lowest BCUT2D eigenvalue weighted by Crippen LogP contribution is -2.13. The molecular formula is C17H26O4. The van der Waals surface area contributed by atoms with Crippen molar-refractivity contribution in [3.8, 4) is 11.5 Å². The third-order valence-electron chi connectivity index (χ3n) is 3.69. The highest BCUT2D eigenvalue weighted by Gasteiger charge is 2.20. The molecule has 0 spiro atoms. The van der Waals surface area contributed by atoms with Gasteiger partial charge in [0.05, 0.1) is 13.2 Å². The van der Waals surface area contributed by atoms with Gasteiger partial charge in [-0.15, -0.1) is 0 Å². The molecule has 0 radical (unpaired) electrons. The molecule has 1 saturated carbocycles. The van der Waals surface area contributed by atoms with Crippen molar-refractivity contribution in [2.75, 3.05) is 20.3 Å². The second-order valence-electron chi connectivity index (χ2n) is 5.18. The number of benzene rings is 1. The highest BCUT2D eigenvalue weighted by atomic mass is 16.7. The van der Waals surface area contributed by atoms with Crippen LogP contribution in [-0.4, -0.2) is 26.4 Å². The molecule has 2 rings (SSSR count). The van der Waals surface area contributed by atoms with E-state index >= 15 is 0 Å². The smallest absolute Gasteiger partial charge is 0.183 e.